The van der Waals surface area contributed by atoms with Crippen LogP contribution in [0.5, 0.6) is 0 Å². The lowest BCUT2D eigenvalue weighted by molar-refractivity contribution is -0.123. The number of aromatic nitrogens is 2. The lowest BCUT2D eigenvalue weighted by atomic mass is 10.0. The molecule has 0 aliphatic heterocycles. The monoisotopic (exact) mass is 211 g/mol. The van der Waals surface area contributed by atoms with Gasteiger partial charge >= 0.3 is 0 Å². The third-order valence-electron chi connectivity index (χ3n) is 2.08. The van der Waals surface area contributed by atoms with E-state index in [0.717, 1.165) is 0 Å². The molecular formula is C10H17N3O2. The minimum Gasteiger partial charge on any atom is -0.396 e. The molecule has 0 fully saturated rings. The molecule has 1 aromatic heterocycles. The Balaban J connectivity index is 2.42. The normalized spacial score (nSPS) is 11.4. The number of rotatable bonds is 5. The van der Waals surface area contributed by atoms with Crippen LogP contribution in [0.15, 0.2) is 18.5 Å². The van der Waals surface area contributed by atoms with E-state index < -0.39 is 0 Å². The standard InChI is InChI=1S/C10H17N3O2/c1-10(2,4-7-14)12-9(15)8-13-6-3-5-11-13/h3,5-6,14H,4,7-8H2,1-2H3,(H,12,15). The molecule has 0 unspecified atom stereocenters. The van der Waals surface area contributed by atoms with Crippen LogP contribution in [-0.4, -0.2) is 32.9 Å². The number of carbonyl (C=O) groups is 1. The maximum absolute atomic E-state index is 11.5. The van der Waals surface area contributed by atoms with E-state index in [1.807, 2.05) is 13.8 Å². The molecule has 2 N–H and O–H groups in total. The number of aliphatic hydroxyl groups is 1. The zero-order valence-corrected chi connectivity index (χ0v) is 9.10. The third kappa shape index (κ3) is 4.12. The SMILES string of the molecule is CC(C)(CCO)NC(=O)Cn1cccn1. The van der Waals surface area contributed by atoms with Gasteiger partial charge in [0.15, 0.2) is 0 Å². The minimum atomic E-state index is -0.376. The first-order valence-electron chi connectivity index (χ1n) is 4.93. The Labute approximate surface area is 89.1 Å². The van der Waals surface area contributed by atoms with Gasteiger partial charge < -0.3 is 10.4 Å². The van der Waals surface area contributed by atoms with E-state index in [9.17, 15) is 4.79 Å². The van der Waals surface area contributed by atoms with Crippen molar-refractivity contribution in [1.82, 2.24) is 15.1 Å². The van der Waals surface area contributed by atoms with Gasteiger partial charge in [0.2, 0.25) is 5.91 Å². The van der Waals surface area contributed by atoms with E-state index in [2.05, 4.69) is 10.4 Å². The van der Waals surface area contributed by atoms with Crippen molar-refractivity contribution in [2.75, 3.05) is 6.61 Å². The van der Waals surface area contributed by atoms with Crippen molar-refractivity contribution >= 4 is 5.91 Å². The summed E-state index contributed by atoms with van der Waals surface area (Å²) in [5.41, 5.74) is -0.376. The van der Waals surface area contributed by atoms with Crippen molar-refractivity contribution in [3.63, 3.8) is 0 Å². The van der Waals surface area contributed by atoms with Crippen LogP contribution in [0.1, 0.15) is 20.3 Å². The average molecular weight is 211 g/mol. The Hall–Kier alpha value is -1.36. The van der Waals surface area contributed by atoms with Gasteiger partial charge in [0.1, 0.15) is 6.54 Å². The van der Waals surface area contributed by atoms with Crippen LogP contribution >= 0.6 is 0 Å². The number of hydrogen-bond acceptors (Lipinski definition) is 3. The summed E-state index contributed by atoms with van der Waals surface area (Å²) in [4.78, 5) is 11.5. The van der Waals surface area contributed by atoms with Gasteiger partial charge in [0, 0.05) is 24.5 Å². The molecular weight excluding hydrogens is 194 g/mol. The van der Waals surface area contributed by atoms with Crippen molar-refractivity contribution in [2.24, 2.45) is 0 Å². The molecule has 1 rings (SSSR count). The molecule has 1 heterocycles. The number of carbonyl (C=O) groups excluding carboxylic acids is 1. The van der Waals surface area contributed by atoms with Crippen molar-refractivity contribution < 1.29 is 9.90 Å². The van der Waals surface area contributed by atoms with E-state index in [4.69, 9.17) is 5.11 Å². The molecule has 0 aliphatic rings. The molecule has 0 spiro atoms. The Morgan fingerprint density at radius 3 is 2.87 bits per heavy atom. The fourth-order valence-electron chi connectivity index (χ4n) is 1.30. The molecule has 5 heteroatoms. The molecule has 84 valence electrons. The van der Waals surface area contributed by atoms with Crippen LogP contribution in [0.3, 0.4) is 0 Å². The zero-order chi connectivity index (χ0) is 11.3. The summed E-state index contributed by atoms with van der Waals surface area (Å²) in [6.07, 6.45) is 3.91. The summed E-state index contributed by atoms with van der Waals surface area (Å²) in [5, 5.41) is 15.6. The summed E-state index contributed by atoms with van der Waals surface area (Å²) in [5.74, 6) is -0.0999. The molecule has 5 nitrogen and oxygen atoms in total. The number of hydrogen-bond donors (Lipinski definition) is 2. The van der Waals surface area contributed by atoms with Crippen molar-refractivity contribution in [2.45, 2.75) is 32.4 Å². The van der Waals surface area contributed by atoms with Gasteiger partial charge in [-0.05, 0) is 26.3 Å². The van der Waals surface area contributed by atoms with Gasteiger partial charge in [0.05, 0.1) is 0 Å². The topological polar surface area (TPSA) is 67.2 Å². The highest BCUT2D eigenvalue weighted by Crippen LogP contribution is 2.06. The Bertz CT molecular complexity index is 306. The van der Waals surface area contributed by atoms with E-state index in [0.29, 0.717) is 6.42 Å². The molecule has 1 amide bonds. The second-order valence-corrected chi connectivity index (χ2v) is 4.11. The van der Waals surface area contributed by atoms with Gasteiger partial charge in [-0.1, -0.05) is 0 Å². The molecule has 0 bridgehead atoms. The fraction of sp³-hybridized carbons (Fsp3) is 0.600. The van der Waals surface area contributed by atoms with E-state index >= 15 is 0 Å². The lowest BCUT2D eigenvalue weighted by Gasteiger charge is -2.25. The van der Waals surface area contributed by atoms with Crippen molar-refractivity contribution in [3.05, 3.63) is 18.5 Å². The van der Waals surface area contributed by atoms with Crippen LogP contribution in [0.25, 0.3) is 0 Å². The Morgan fingerprint density at radius 2 is 2.33 bits per heavy atom. The van der Waals surface area contributed by atoms with Gasteiger partial charge in [0.25, 0.3) is 0 Å². The molecule has 0 aliphatic carbocycles. The number of nitrogens with one attached hydrogen (secondary N) is 1. The van der Waals surface area contributed by atoms with Gasteiger partial charge in [-0.3, -0.25) is 9.48 Å². The second kappa shape index (κ2) is 4.93. The van der Waals surface area contributed by atoms with Crippen LogP contribution in [0, 0.1) is 0 Å². The lowest BCUT2D eigenvalue weighted by Crippen LogP contribution is -2.45. The highest BCUT2D eigenvalue weighted by atomic mass is 16.3. The second-order valence-electron chi connectivity index (χ2n) is 4.11. The Morgan fingerprint density at radius 1 is 1.60 bits per heavy atom. The quantitative estimate of drug-likeness (QED) is 0.729. The molecule has 0 radical (unpaired) electrons. The largest absolute Gasteiger partial charge is 0.396 e. The predicted octanol–water partition coefficient (Wildman–Crippen LogP) is 0.160. The number of amides is 1. The highest BCUT2D eigenvalue weighted by molar-refractivity contribution is 5.76. The van der Waals surface area contributed by atoms with Gasteiger partial charge in [-0.15, -0.1) is 0 Å². The molecule has 0 saturated carbocycles. The van der Waals surface area contributed by atoms with E-state index in [1.54, 1.807) is 23.1 Å². The Kier molecular flexibility index (Phi) is 3.85. The zero-order valence-electron chi connectivity index (χ0n) is 9.10. The summed E-state index contributed by atoms with van der Waals surface area (Å²) in [6.45, 7) is 4.03. The molecule has 15 heavy (non-hydrogen) atoms. The predicted molar refractivity (Wildman–Crippen MR) is 56.2 cm³/mol. The number of aliphatic hydroxyl groups excluding tert-OH is 1. The minimum absolute atomic E-state index is 0.0645. The maximum Gasteiger partial charge on any atom is 0.242 e. The highest BCUT2D eigenvalue weighted by Gasteiger charge is 2.19. The molecule has 0 aromatic carbocycles. The van der Waals surface area contributed by atoms with Crippen molar-refractivity contribution in [3.8, 4) is 0 Å². The molecule has 0 saturated heterocycles. The van der Waals surface area contributed by atoms with Crippen LogP contribution in [0.2, 0.25) is 0 Å². The third-order valence-corrected chi connectivity index (χ3v) is 2.08. The smallest absolute Gasteiger partial charge is 0.242 e. The first-order valence-corrected chi connectivity index (χ1v) is 4.93. The van der Waals surface area contributed by atoms with Crippen molar-refractivity contribution in [1.29, 1.82) is 0 Å². The number of nitrogens with zero attached hydrogens (tertiary/aromatic N) is 2. The van der Waals surface area contributed by atoms with E-state index in [-0.39, 0.29) is 24.6 Å². The molecule has 0 atom stereocenters. The maximum atomic E-state index is 11.5. The van der Waals surface area contributed by atoms with Crippen LogP contribution in [0.4, 0.5) is 0 Å². The first kappa shape index (κ1) is 11.7. The summed E-state index contributed by atoms with van der Waals surface area (Å²) >= 11 is 0. The summed E-state index contributed by atoms with van der Waals surface area (Å²) < 4.78 is 1.56. The summed E-state index contributed by atoms with van der Waals surface area (Å²) in [6, 6.07) is 1.77. The van der Waals surface area contributed by atoms with E-state index in [1.165, 1.54) is 0 Å². The van der Waals surface area contributed by atoms with Gasteiger partial charge in [-0.2, -0.15) is 5.10 Å². The molecule has 1 aromatic rings. The van der Waals surface area contributed by atoms with Crippen LogP contribution in [-0.2, 0) is 11.3 Å². The van der Waals surface area contributed by atoms with Gasteiger partial charge in [-0.25, -0.2) is 0 Å². The summed E-state index contributed by atoms with van der Waals surface area (Å²) in [7, 11) is 0. The first-order chi connectivity index (χ1) is 7.03. The fourth-order valence-corrected chi connectivity index (χ4v) is 1.30. The average Bonchev–Trinajstić information content (AvgIpc) is 2.54. The van der Waals surface area contributed by atoms with Crippen LogP contribution < -0.4 is 5.32 Å².